The molecule has 114 valence electrons. The highest BCUT2D eigenvalue weighted by molar-refractivity contribution is 5.74. The van der Waals surface area contributed by atoms with Gasteiger partial charge in [0.2, 0.25) is 0 Å². The van der Waals surface area contributed by atoms with Gasteiger partial charge >= 0.3 is 5.69 Å². The summed E-state index contributed by atoms with van der Waals surface area (Å²) in [7, 11) is 0. The molecule has 3 rings (SSSR count). The summed E-state index contributed by atoms with van der Waals surface area (Å²) in [6.45, 7) is 8.44. The van der Waals surface area contributed by atoms with Gasteiger partial charge in [-0.2, -0.15) is 0 Å². The third kappa shape index (κ3) is 2.89. The summed E-state index contributed by atoms with van der Waals surface area (Å²) in [5, 5.41) is 3.45. The van der Waals surface area contributed by atoms with Gasteiger partial charge in [-0.25, -0.2) is 4.79 Å². The molecule has 1 aromatic heterocycles. The average molecular weight is 288 g/mol. The molecule has 2 N–H and O–H groups in total. The van der Waals surface area contributed by atoms with Crippen LogP contribution in [-0.4, -0.2) is 46.2 Å². The van der Waals surface area contributed by atoms with E-state index in [1.165, 1.54) is 0 Å². The van der Waals surface area contributed by atoms with Crippen LogP contribution in [0.5, 0.6) is 0 Å². The minimum absolute atomic E-state index is 0.00222. The number of imidazole rings is 1. The number of nitrogens with one attached hydrogen (secondary N) is 2. The first-order chi connectivity index (χ1) is 10.2. The van der Waals surface area contributed by atoms with Crippen molar-refractivity contribution < 1.29 is 0 Å². The van der Waals surface area contributed by atoms with E-state index in [0.29, 0.717) is 12.1 Å². The van der Waals surface area contributed by atoms with Gasteiger partial charge in [0.15, 0.2) is 0 Å². The number of hydrogen-bond acceptors (Lipinski definition) is 3. The summed E-state index contributed by atoms with van der Waals surface area (Å²) < 4.78 is 1.85. The van der Waals surface area contributed by atoms with Crippen molar-refractivity contribution in [2.75, 3.05) is 19.6 Å². The molecule has 5 heteroatoms. The molecule has 2 heterocycles. The fraction of sp³-hybridized carbons (Fsp3) is 0.562. The Morgan fingerprint density at radius 1 is 1.14 bits per heavy atom. The largest absolute Gasteiger partial charge is 0.326 e. The Labute approximate surface area is 125 Å². The highest BCUT2D eigenvalue weighted by Crippen LogP contribution is 2.12. The average Bonchev–Trinajstić information content (AvgIpc) is 2.78. The normalized spacial score (nSPS) is 23.7. The first kappa shape index (κ1) is 14.4. The third-order valence-corrected chi connectivity index (χ3v) is 4.49. The zero-order chi connectivity index (χ0) is 14.8. The number of H-pyrrole nitrogens is 1. The number of fused-ring (bicyclic) bond motifs is 1. The maximum Gasteiger partial charge on any atom is 0.326 e. The van der Waals surface area contributed by atoms with Crippen molar-refractivity contribution >= 4 is 11.0 Å². The first-order valence-corrected chi connectivity index (χ1v) is 7.81. The zero-order valence-electron chi connectivity index (χ0n) is 12.8. The highest BCUT2D eigenvalue weighted by atomic mass is 16.1. The summed E-state index contributed by atoms with van der Waals surface area (Å²) in [6.07, 6.45) is 0.996. The lowest BCUT2D eigenvalue weighted by molar-refractivity contribution is 0.114. The fourth-order valence-electron chi connectivity index (χ4n) is 3.35. The molecule has 21 heavy (non-hydrogen) atoms. The Bertz CT molecular complexity index is 650. The molecule has 0 bridgehead atoms. The molecule has 2 atom stereocenters. The van der Waals surface area contributed by atoms with Gasteiger partial charge in [-0.15, -0.1) is 0 Å². The molecule has 1 aliphatic heterocycles. The molecule has 5 nitrogen and oxygen atoms in total. The van der Waals surface area contributed by atoms with E-state index < -0.39 is 0 Å². The second kappa shape index (κ2) is 6.03. The molecular weight excluding hydrogens is 264 g/mol. The van der Waals surface area contributed by atoms with Crippen molar-refractivity contribution in [3.05, 3.63) is 34.7 Å². The van der Waals surface area contributed by atoms with E-state index in [9.17, 15) is 4.79 Å². The van der Waals surface area contributed by atoms with Crippen LogP contribution in [0, 0.1) is 0 Å². The van der Waals surface area contributed by atoms with E-state index in [-0.39, 0.29) is 5.69 Å². The second-order valence-corrected chi connectivity index (χ2v) is 6.05. The van der Waals surface area contributed by atoms with E-state index in [1.807, 2.05) is 28.8 Å². The number of piperazine rings is 1. The topological polar surface area (TPSA) is 53.1 Å². The van der Waals surface area contributed by atoms with Crippen LogP contribution in [0.4, 0.5) is 0 Å². The Hall–Kier alpha value is -1.59. The predicted molar refractivity (Wildman–Crippen MR) is 85.7 cm³/mol. The molecule has 0 radical (unpaired) electrons. The van der Waals surface area contributed by atoms with Gasteiger partial charge in [-0.1, -0.05) is 12.1 Å². The molecule has 0 spiro atoms. The van der Waals surface area contributed by atoms with Crippen molar-refractivity contribution in [1.82, 2.24) is 19.8 Å². The number of rotatable bonds is 4. The van der Waals surface area contributed by atoms with Gasteiger partial charge in [0.1, 0.15) is 0 Å². The van der Waals surface area contributed by atoms with E-state index >= 15 is 0 Å². The van der Waals surface area contributed by atoms with Gasteiger partial charge < -0.3 is 10.3 Å². The van der Waals surface area contributed by atoms with Crippen molar-refractivity contribution in [3.63, 3.8) is 0 Å². The SMILES string of the molecule is CC1CNCC(C)N1CCCn1c(=O)[nH]c2ccccc21. The summed E-state index contributed by atoms with van der Waals surface area (Å²) in [6, 6.07) is 9.01. The summed E-state index contributed by atoms with van der Waals surface area (Å²) in [4.78, 5) is 17.5. The molecule has 1 aliphatic rings. The molecule has 2 unspecified atom stereocenters. The first-order valence-electron chi connectivity index (χ1n) is 7.81. The van der Waals surface area contributed by atoms with Crippen molar-refractivity contribution in [2.45, 2.75) is 38.9 Å². The number of aromatic nitrogens is 2. The maximum absolute atomic E-state index is 12.0. The van der Waals surface area contributed by atoms with E-state index in [2.05, 4.69) is 29.0 Å². The molecule has 0 saturated carbocycles. The van der Waals surface area contributed by atoms with Crippen LogP contribution in [-0.2, 0) is 6.54 Å². The van der Waals surface area contributed by atoms with Gasteiger partial charge in [-0.05, 0) is 32.4 Å². The van der Waals surface area contributed by atoms with Gasteiger partial charge in [-0.3, -0.25) is 9.47 Å². The zero-order valence-corrected chi connectivity index (χ0v) is 12.8. The minimum atomic E-state index is -0.00222. The molecular formula is C16H24N4O. The summed E-state index contributed by atoms with van der Waals surface area (Å²) in [5.74, 6) is 0. The Balaban J connectivity index is 1.67. The van der Waals surface area contributed by atoms with Crippen molar-refractivity contribution in [1.29, 1.82) is 0 Å². The number of para-hydroxylation sites is 2. The van der Waals surface area contributed by atoms with Gasteiger partial charge in [0.25, 0.3) is 0 Å². The van der Waals surface area contributed by atoms with E-state index in [4.69, 9.17) is 0 Å². The molecule has 1 fully saturated rings. The fourth-order valence-corrected chi connectivity index (χ4v) is 3.35. The molecule has 0 aliphatic carbocycles. The third-order valence-electron chi connectivity index (χ3n) is 4.49. The number of hydrogen-bond donors (Lipinski definition) is 2. The smallest absolute Gasteiger partial charge is 0.314 e. The summed E-state index contributed by atoms with van der Waals surface area (Å²) in [5.41, 5.74) is 1.92. The lowest BCUT2D eigenvalue weighted by atomic mass is 10.1. The summed E-state index contributed by atoms with van der Waals surface area (Å²) >= 11 is 0. The Morgan fingerprint density at radius 3 is 2.62 bits per heavy atom. The monoisotopic (exact) mass is 288 g/mol. The molecule has 0 amide bonds. The highest BCUT2D eigenvalue weighted by Gasteiger charge is 2.23. The Kier molecular flexibility index (Phi) is 4.12. The van der Waals surface area contributed by atoms with Crippen LogP contribution >= 0.6 is 0 Å². The maximum atomic E-state index is 12.0. The number of nitrogens with zero attached hydrogens (tertiary/aromatic N) is 2. The quantitative estimate of drug-likeness (QED) is 0.894. The molecule has 1 aromatic carbocycles. The van der Waals surface area contributed by atoms with E-state index in [0.717, 1.165) is 43.6 Å². The van der Waals surface area contributed by atoms with E-state index in [1.54, 1.807) is 0 Å². The Morgan fingerprint density at radius 2 is 1.86 bits per heavy atom. The van der Waals surface area contributed by atoms with Crippen molar-refractivity contribution in [3.8, 4) is 0 Å². The minimum Gasteiger partial charge on any atom is -0.314 e. The predicted octanol–water partition coefficient (Wildman–Crippen LogP) is 1.40. The number of aryl methyl sites for hydroxylation is 1. The van der Waals surface area contributed by atoms with Crippen LogP contribution in [0.2, 0.25) is 0 Å². The molecule has 1 saturated heterocycles. The lowest BCUT2D eigenvalue weighted by Gasteiger charge is -2.39. The van der Waals surface area contributed by atoms with Crippen LogP contribution in [0.15, 0.2) is 29.1 Å². The number of aromatic amines is 1. The standard InChI is InChI=1S/C16H24N4O/c1-12-10-17-11-13(2)19(12)8-5-9-20-15-7-4-3-6-14(15)18-16(20)21/h3-4,6-7,12-13,17H,5,8-11H2,1-2H3,(H,18,21). The van der Waals surface area contributed by atoms with Crippen molar-refractivity contribution in [2.24, 2.45) is 0 Å². The number of benzene rings is 1. The van der Waals surface area contributed by atoms with Gasteiger partial charge in [0, 0.05) is 38.3 Å². The van der Waals surface area contributed by atoms with Crippen LogP contribution in [0.25, 0.3) is 11.0 Å². The molecule has 2 aromatic rings. The van der Waals surface area contributed by atoms with Crippen LogP contribution < -0.4 is 11.0 Å². The van der Waals surface area contributed by atoms with Crippen LogP contribution in [0.3, 0.4) is 0 Å². The van der Waals surface area contributed by atoms with Gasteiger partial charge in [0.05, 0.1) is 11.0 Å². The second-order valence-electron chi connectivity index (χ2n) is 6.05. The lowest BCUT2D eigenvalue weighted by Crippen LogP contribution is -2.55. The van der Waals surface area contributed by atoms with Crippen LogP contribution in [0.1, 0.15) is 20.3 Å².